The van der Waals surface area contributed by atoms with E-state index in [2.05, 4.69) is 19.2 Å². The van der Waals surface area contributed by atoms with E-state index in [9.17, 15) is 0 Å². The molecule has 0 aromatic heterocycles. The van der Waals surface area contributed by atoms with Gasteiger partial charge in [0, 0.05) is 24.2 Å². The van der Waals surface area contributed by atoms with Crippen molar-refractivity contribution in [3.8, 4) is 0 Å². The summed E-state index contributed by atoms with van der Waals surface area (Å²) in [6.45, 7) is 7.77. The highest BCUT2D eigenvalue weighted by Gasteiger charge is 2.09. The highest BCUT2D eigenvalue weighted by molar-refractivity contribution is 6.31. The summed E-state index contributed by atoms with van der Waals surface area (Å²) in [6.07, 6.45) is 0.231. The number of rotatable bonds is 6. The molecule has 16 heavy (non-hydrogen) atoms. The molecular formula is C13H20ClNO. The summed E-state index contributed by atoms with van der Waals surface area (Å²) in [7, 11) is 0. The molecule has 0 heterocycles. The second kappa shape index (κ2) is 6.89. The maximum Gasteiger partial charge on any atom is 0.0671 e. The van der Waals surface area contributed by atoms with E-state index in [1.807, 2.05) is 31.2 Å². The van der Waals surface area contributed by atoms with Gasteiger partial charge >= 0.3 is 0 Å². The SMILES string of the molecule is CCOC(C)CNC(C)c1ccccc1Cl. The molecular weight excluding hydrogens is 222 g/mol. The molecule has 0 aliphatic heterocycles. The quantitative estimate of drug-likeness (QED) is 0.824. The van der Waals surface area contributed by atoms with E-state index in [0.29, 0.717) is 0 Å². The highest BCUT2D eigenvalue weighted by Crippen LogP contribution is 2.21. The second-order valence-corrected chi connectivity index (χ2v) is 4.32. The number of halogens is 1. The Bertz CT molecular complexity index is 317. The molecule has 0 saturated heterocycles. The zero-order valence-corrected chi connectivity index (χ0v) is 10.9. The third-order valence-electron chi connectivity index (χ3n) is 2.53. The molecule has 2 atom stereocenters. The molecule has 2 unspecified atom stereocenters. The van der Waals surface area contributed by atoms with Crippen molar-refractivity contribution < 1.29 is 4.74 Å². The van der Waals surface area contributed by atoms with Crippen molar-refractivity contribution in [2.45, 2.75) is 32.9 Å². The summed E-state index contributed by atoms with van der Waals surface area (Å²) >= 11 is 6.12. The van der Waals surface area contributed by atoms with Crippen LogP contribution >= 0.6 is 11.6 Å². The van der Waals surface area contributed by atoms with Gasteiger partial charge in [-0.2, -0.15) is 0 Å². The van der Waals surface area contributed by atoms with Crippen molar-refractivity contribution in [2.24, 2.45) is 0 Å². The Morgan fingerprint density at radius 1 is 1.31 bits per heavy atom. The van der Waals surface area contributed by atoms with Gasteiger partial charge in [-0.1, -0.05) is 29.8 Å². The molecule has 1 aromatic rings. The Kier molecular flexibility index (Phi) is 5.81. The third kappa shape index (κ3) is 4.12. The molecule has 1 aromatic carbocycles. The molecule has 0 radical (unpaired) electrons. The van der Waals surface area contributed by atoms with Gasteiger partial charge in [-0.05, 0) is 32.4 Å². The van der Waals surface area contributed by atoms with E-state index >= 15 is 0 Å². The normalized spacial score (nSPS) is 14.8. The van der Waals surface area contributed by atoms with E-state index < -0.39 is 0 Å². The number of benzene rings is 1. The van der Waals surface area contributed by atoms with Gasteiger partial charge in [-0.25, -0.2) is 0 Å². The first-order valence-corrected chi connectivity index (χ1v) is 6.12. The maximum absolute atomic E-state index is 6.12. The number of ether oxygens (including phenoxy) is 1. The molecule has 2 nitrogen and oxygen atoms in total. The monoisotopic (exact) mass is 241 g/mol. The van der Waals surface area contributed by atoms with Gasteiger partial charge in [0.15, 0.2) is 0 Å². The average Bonchev–Trinajstić information content (AvgIpc) is 2.27. The number of nitrogens with one attached hydrogen (secondary N) is 1. The first kappa shape index (κ1) is 13.5. The van der Waals surface area contributed by atoms with Crippen molar-refractivity contribution in [2.75, 3.05) is 13.2 Å². The van der Waals surface area contributed by atoms with Gasteiger partial charge in [0.25, 0.3) is 0 Å². The first-order valence-electron chi connectivity index (χ1n) is 5.74. The van der Waals surface area contributed by atoms with Crippen LogP contribution in [0.2, 0.25) is 5.02 Å². The van der Waals surface area contributed by atoms with Gasteiger partial charge in [0.2, 0.25) is 0 Å². The summed E-state index contributed by atoms with van der Waals surface area (Å²) in [5.74, 6) is 0. The largest absolute Gasteiger partial charge is 0.377 e. The van der Waals surface area contributed by atoms with Crippen LogP contribution in [0.15, 0.2) is 24.3 Å². The molecule has 0 aliphatic rings. The van der Waals surface area contributed by atoms with Crippen LogP contribution in [0.1, 0.15) is 32.4 Å². The number of hydrogen-bond acceptors (Lipinski definition) is 2. The predicted molar refractivity (Wildman–Crippen MR) is 69.0 cm³/mol. The van der Waals surface area contributed by atoms with E-state index in [1.165, 1.54) is 0 Å². The van der Waals surface area contributed by atoms with Crippen molar-refractivity contribution in [3.63, 3.8) is 0 Å². The van der Waals surface area contributed by atoms with Crippen LogP contribution in [0.25, 0.3) is 0 Å². The Labute approximate surface area is 103 Å². The van der Waals surface area contributed by atoms with E-state index in [-0.39, 0.29) is 12.1 Å². The second-order valence-electron chi connectivity index (χ2n) is 3.92. The van der Waals surface area contributed by atoms with Crippen LogP contribution in [-0.4, -0.2) is 19.3 Å². The van der Waals surface area contributed by atoms with Crippen molar-refractivity contribution in [1.82, 2.24) is 5.32 Å². The smallest absolute Gasteiger partial charge is 0.0671 e. The summed E-state index contributed by atoms with van der Waals surface area (Å²) in [6, 6.07) is 8.16. The zero-order valence-electron chi connectivity index (χ0n) is 10.2. The minimum atomic E-state index is 0.231. The standard InChI is InChI=1S/C13H20ClNO/c1-4-16-10(2)9-15-11(3)12-7-5-6-8-13(12)14/h5-8,10-11,15H,4,9H2,1-3H3. The van der Waals surface area contributed by atoms with Crippen LogP contribution in [0, 0.1) is 0 Å². The van der Waals surface area contributed by atoms with Gasteiger partial charge in [0.05, 0.1) is 6.10 Å². The topological polar surface area (TPSA) is 21.3 Å². The van der Waals surface area contributed by atoms with Crippen molar-refractivity contribution in [3.05, 3.63) is 34.9 Å². The lowest BCUT2D eigenvalue weighted by atomic mass is 10.1. The van der Waals surface area contributed by atoms with Crippen LogP contribution in [-0.2, 0) is 4.74 Å². The molecule has 90 valence electrons. The Morgan fingerprint density at radius 3 is 2.62 bits per heavy atom. The highest BCUT2D eigenvalue weighted by atomic mass is 35.5. The van der Waals surface area contributed by atoms with E-state index in [1.54, 1.807) is 0 Å². The van der Waals surface area contributed by atoms with E-state index in [4.69, 9.17) is 16.3 Å². The minimum absolute atomic E-state index is 0.231. The summed E-state index contributed by atoms with van der Waals surface area (Å²) in [4.78, 5) is 0. The van der Waals surface area contributed by atoms with Gasteiger partial charge in [-0.3, -0.25) is 0 Å². The molecule has 1 N–H and O–H groups in total. The summed E-state index contributed by atoms with van der Waals surface area (Å²) < 4.78 is 5.46. The van der Waals surface area contributed by atoms with Crippen LogP contribution in [0.3, 0.4) is 0 Å². The molecule has 0 bridgehead atoms. The molecule has 0 spiro atoms. The van der Waals surface area contributed by atoms with Gasteiger partial charge < -0.3 is 10.1 Å². The lowest BCUT2D eigenvalue weighted by Gasteiger charge is -2.18. The van der Waals surface area contributed by atoms with E-state index in [0.717, 1.165) is 23.7 Å². The summed E-state index contributed by atoms with van der Waals surface area (Å²) in [5, 5.41) is 4.23. The number of hydrogen-bond donors (Lipinski definition) is 1. The summed E-state index contributed by atoms with van der Waals surface area (Å²) in [5.41, 5.74) is 1.13. The molecule has 3 heteroatoms. The van der Waals surface area contributed by atoms with Gasteiger partial charge in [0.1, 0.15) is 0 Å². The van der Waals surface area contributed by atoms with Crippen molar-refractivity contribution >= 4 is 11.6 Å². The van der Waals surface area contributed by atoms with Crippen LogP contribution in [0.4, 0.5) is 0 Å². The lowest BCUT2D eigenvalue weighted by Crippen LogP contribution is -2.29. The van der Waals surface area contributed by atoms with Gasteiger partial charge in [-0.15, -0.1) is 0 Å². The van der Waals surface area contributed by atoms with Crippen molar-refractivity contribution in [1.29, 1.82) is 0 Å². The fourth-order valence-corrected chi connectivity index (χ4v) is 1.92. The van der Waals surface area contributed by atoms with Crippen LogP contribution in [0.5, 0.6) is 0 Å². The Hall–Kier alpha value is -0.570. The molecule has 1 rings (SSSR count). The molecule has 0 fully saturated rings. The average molecular weight is 242 g/mol. The fraction of sp³-hybridized carbons (Fsp3) is 0.538. The third-order valence-corrected chi connectivity index (χ3v) is 2.88. The fourth-order valence-electron chi connectivity index (χ4n) is 1.62. The Morgan fingerprint density at radius 2 is 2.00 bits per heavy atom. The Balaban J connectivity index is 2.46. The minimum Gasteiger partial charge on any atom is -0.377 e. The predicted octanol–water partition coefficient (Wildman–Crippen LogP) is 3.42. The molecule has 0 aliphatic carbocycles. The zero-order chi connectivity index (χ0) is 12.0. The van der Waals surface area contributed by atoms with Crippen LogP contribution < -0.4 is 5.32 Å². The first-order chi connectivity index (χ1) is 7.65. The lowest BCUT2D eigenvalue weighted by molar-refractivity contribution is 0.0743. The molecule has 0 saturated carbocycles. The maximum atomic E-state index is 6.12. The molecule has 0 amide bonds.